The third kappa shape index (κ3) is 8.18. The number of hydrogen-bond acceptors (Lipinski definition) is 7. The molecule has 4 N–H and O–H groups in total. The molecule has 2 saturated carbocycles. The fourth-order valence-electron chi connectivity index (χ4n) is 3.94. The van der Waals surface area contributed by atoms with Crippen molar-refractivity contribution in [1.82, 2.24) is 15.3 Å². The predicted molar refractivity (Wildman–Crippen MR) is 134 cm³/mol. The van der Waals surface area contributed by atoms with Crippen molar-refractivity contribution < 1.29 is 14.3 Å². The molecule has 1 amide bonds. The van der Waals surface area contributed by atoms with E-state index in [2.05, 4.69) is 25.9 Å². The van der Waals surface area contributed by atoms with Crippen molar-refractivity contribution >= 4 is 23.2 Å². The number of halogens is 1. The minimum atomic E-state index is -0.650. The fourth-order valence-corrected chi connectivity index (χ4v) is 3.94. The first-order chi connectivity index (χ1) is 16.8. The lowest BCUT2D eigenvalue weighted by Crippen LogP contribution is -2.36. The van der Waals surface area contributed by atoms with Gasteiger partial charge in [0.25, 0.3) is 5.91 Å². The average Bonchev–Trinajstić information content (AvgIpc) is 3.67. The summed E-state index contributed by atoms with van der Waals surface area (Å²) in [5.41, 5.74) is 1.20. The Morgan fingerprint density at radius 1 is 1.11 bits per heavy atom. The van der Waals surface area contributed by atoms with E-state index in [4.69, 9.17) is 10.4 Å². The van der Waals surface area contributed by atoms with Gasteiger partial charge >= 0.3 is 0 Å². The summed E-state index contributed by atoms with van der Waals surface area (Å²) in [5.74, 6) is 0.153. The number of amides is 1. The van der Waals surface area contributed by atoms with Gasteiger partial charge in [0.15, 0.2) is 11.6 Å². The van der Waals surface area contributed by atoms with Crippen LogP contribution in [0.15, 0.2) is 24.5 Å². The topological polar surface area (TPSA) is 123 Å². The van der Waals surface area contributed by atoms with E-state index in [1.807, 2.05) is 26.8 Å². The number of hydrogen-bond donors (Lipinski definition) is 4. The SMILES string of the molecule is CC(C)Nc1cc(Nc2ncc(C#N)cc2F)ncc1C(=O)NC1CCCCC1.CC(O)C1CC1. The first-order valence-corrected chi connectivity index (χ1v) is 12.3. The average molecular weight is 483 g/mol. The second-order valence-corrected chi connectivity index (χ2v) is 9.59. The third-order valence-electron chi connectivity index (χ3n) is 6.05. The van der Waals surface area contributed by atoms with E-state index >= 15 is 0 Å². The Balaban J connectivity index is 0.000000497. The Labute approximate surface area is 206 Å². The zero-order chi connectivity index (χ0) is 25.4. The number of pyridine rings is 2. The lowest BCUT2D eigenvalue weighted by atomic mass is 9.95. The van der Waals surface area contributed by atoms with Crippen molar-refractivity contribution in [1.29, 1.82) is 5.26 Å². The summed E-state index contributed by atoms with van der Waals surface area (Å²) in [7, 11) is 0. The van der Waals surface area contributed by atoms with Crippen molar-refractivity contribution in [2.75, 3.05) is 10.6 Å². The van der Waals surface area contributed by atoms with Gasteiger partial charge in [-0.25, -0.2) is 14.4 Å². The molecule has 2 aromatic rings. The largest absolute Gasteiger partial charge is 0.393 e. The number of nitrogens with zero attached hydrogens (tertiary/aromatic N) is 3. The molecule has 2 aliphatic carbocycles. The van der Waals surface area contributed by atoms with Crippen LogP contribution >= 0.6 is 0 Å². The molecule has 2 heterocycles. The van der Waals surface area contributed by atoms with Gasteiger partial charge in [0.1, 0.15) is 11.9 Å². The van der Waals surface area contributed by atoms with Gasteiger partial charge in [-0.05, 0) is 58.4 Å². The van der Waals surface area contributed by atoms with E-state index in [1.165, 1.54) is 31.7 Å². The maximum absolute atomic E-state index is 14.1. The summed E-state index contributed by atoms with van der Waals surface area (Å²) in [6, 6.07) is 4.90. The van der Waals surface area contributed by atoms with Gasteiger partial charge in [0.05, 0.1) is 22.9 Å². The number of nitriles is 1. The normalized spacial score (nSPS) is 16.5. The Bertz CT molecular complexity index is 1040. The van der Waals surface area contributed by atoms with Gasteiger partial charge in [-0.3, -0.25) is 4.79 Å². The van der Waals surface area contributed by atoms with Crippen LogP contribution in [-0.2, 0) is 0 Å². The summed E-state index contributed by atoms with van der Waals surface area (Å²) in [5, 5.41) is 26.7. The lowest BCUT2D eigenvalue weighted by Gasteiger charge is -2.23. The molecule has 188 valence electrons. The molecule has 1 atom stereocenters. The monoisotopic (exact) mass is 482 g/mol. The number of aliphatic hydroxyl groups is 1. The molecular formula is C26H35FN6O2. The van der Waals surface area contributed by atoms with Crippen molar-refractivity contribution in [2.24, 2.45) is 5.92 Å². The number of carbonyl (C=O) groups is 1. The van der Waals surface area contributed by atoms with Gasteiger partial charge < -0.3 is 21.1 Å². The second-order valence-electron chi connectivity index (χ2n) is 9.59. The molecule has 0 aromatic carbocycles. The molecule has 35 heavy (non-hydrogen) atoms. The van der Waals surface area contributed by atoms with Crippen LogP contribution in [0.2, 0.25) is 0 Å². The number of aromatic nitrogens is 2. The first kappa shape index (κ1) is 26.4. The molecule has 1 unspecified atom stereocenters. The Kier molecular flexibility index (Phi) is 9.38. The van der Waals surface area contributed by atoms with Crippen LogP contribution in [0, 0.1) is 23.1 Å². The summed E-state index contributed by atoms with van der Waals surface area (Å²) >= 11 is 0. The number of anilines is 3. The summed E-state index contributed by atoms with van der Waals surface area (Å²) < 4.78 is 14.1. The van der Waals surface area contributed by atoms with Crippen LogP contribution in [-0.4, -0.2) is 39.2 Å². The highest BCUT2D eigenvalue weighted by Gasteiger charge is 2.25. The summed E-state index contributed by atoms with van der Waals surface area (Å²) in [6.45, 7) is 5.80. The molecule has 2 aliphatic rings. The van der Waals surface area contributed by atoms with E-state index in [-0.39, 0.29) is 35.5 Å². The van der Waals surface area contributed by atoms with Crippen molar-refractivity contribution in [3.05, 3.63) is 41.5 Å². The van der Waals surface area contributed by atoms with Crippen molar-refractivity contribution in [3.8, 4) is 6.07 Å². The molecule has 0 aliphatic heterocycles. The summed E-state index contributed by atoms with van der Waals surface area (Å²) in [6.07, 6.45) is 10.7. The van der Waals surface area contributed by atoms with Crippen LogP contribution in [0.1, 0.15) is 81.6 Å². The molecule has 4 rings (SSSR count). The molecule has 9 heteroatoms. The van der Waals surface area contributed by atoms with Crippen LogP contribution in [0.4, 0.5) is 21.7 Å². The van der Waals surface area contributed by atoms with Crippen molar-refractivity contribution in [3.63, 3.8) is 0 Å². The molecule has 0 bridgehead atoms. The maximum Gasteiger partial charge on any atom is 0.255 e. The number of aliphatic hydroxyl groups excluding tert-OH is 1. The minimum absolute atomic E-state index is 0.0357. The lowest BCUT2D eigenvalue weighted by molar-refractivity contribution is 0.0928. The molecular weight excluding hydrogens is 447 g/mol. The number of nitrogens with one attached hydrogen (secondary N) is 3. The zero-order valence-corrected chi connectivity index (χ0v) is 20.6. The molecule has 2 fully saturated rings. The minimum Gasteiger partial charge on any atom is -0.393 e. The van der Waals surface area contributed by atoms with E-state index in [9.17, 15) is 9.18 Å². The Hall–Kier alpha value is -3.25. The van der Waals surface area contributed by atoms with E-state index in [0.29, 0.717) is 23.0 Å². The number of carbonyl (C=O) groups excluding carboxylic acids is 1. The highest BCUT2D eigenvalue weighted by atomic mass is 19.1. The molecule has 0 spiro atoms. The molecule has 0 saturated heterocycles. The Morgan fingerprint density at radius 3 is 2.37 bits per heavy atom. The van der Waals surface area contributed by atoms with E-state index in [1.54, 1.807) is 6.07 Å². The molecule has 2 aromatic heterocycles. The molecule has 8 nitrogen and oxygen atoms in total. The molecule has 0 radical (unpaired) electrons. The summed E-state index contributed by atoms with van der Waals surface area (Å²) in [4.78, 5) is 21.0. The fraction of sp³-hybridized carbons (Fsp3) is 0.538. The van der Waals surface area contributed by atoms with Gasteiger partial charge in [0.2, 0.25) is 0 Å². The maximum atomic E-state index is 14.1. The predicted octanol–water partition coefficient (Wildman–Crippen LogP) is 4.89. The standard InChI is InChI=1S/C21H25FN6O.C5H10O/c1-13(2)26-18-9-19(28-20-17(22)8-14(10-23)11-25-20)24-12-16(18)21(29)27-15-6-4-3-5-7-15;1-4(6)5-2-3-5/h8-9,11-13,15H,3-7H2,1-2H3,(H,27,29)(H2,24,25,26,28);4-6H,2-3H2,1H3. The van der Waals surface area contributed by atoms with Gasteiger partial charge in [-0.15, -0.1) is 0 Å². The smallest absolute Gasteiger partial charge is 0.255 e. The van der Waals surface area contributed by atoms with Gasteiger partial charge in [-0.2, -0.15) is 5.26 Å². The van der Waals surface area contributed by atoms with Gasteiger partial charge in [-0.1, -0.05) is 19.3 Å². The van der Waals surface area contributed by atoms with E-state index < -0.39 is 5.82 Å². The second kappa shape index (κ2) is 12.5. The first-order valence-electron chi connectivity index (χ1n) is 12.3. The zero-order valence-electron chi connectivity index (χ0n) is 20.6. The van der Waals surface area contributed by atoms with Crippen molar-refractivity contribution in [2.45, 2.75) is 83.9 Å². The number of rotatable bonds is 7. The Morgan fingerprint density at radius 2 is 1.83 bits per heavy atom. The van der Waals surface area contributed by atoms with Crippen LogP contribution in [0.3, 0.4) is 0 Å². The third-order valence-corrected chi connectivity index (χ3v) is 6.05. The highest BCUT2D eigenvalue weighted by molar-refractivity contribution is 6.00. The van der Waals surface area contributed by atoms with Crippen LogP contribution in [0.5, 0.6) is 0 Å². The quantitative estimate of drug-likeness (QED) is 0.443. The van der Waals surface area contributed by atoms with Crippen LogP contribution < -0.4 is 16.0 Å². The van der Waals surface area contributed by atoms with Crippen LogP contribution in [0.25, 0.3) is 0 Å². The van der Waals surface area contributed by atoms with E-state index in [0.717, 1.165) is 31.7 Å². The highest BCUT2D eigenvalue weighted by Crippen LogP contribution is 2.31. The van der Waals surface area contributed by atoms with Gasteiger partial charge in [0, 0.05) is 30.5 Å².